The zero-order valence-corrected chi connectivity index (χ0v) is 9.00. The molecule has 13 heavy (non-hydrogen) atoms. The molecule has 1 saturated heterocycles. The van der Waals surface area contributed by atoms with E-state index in [2.05, 4.69) is 23.9 Å². The Morgan fingerprint density at radius 3 is 2.31 bits per heavy atom. The van der Waals surface area contributed by atoms with Crippen LogP contribution >= 0.6 is 0 Å². The maximum atomic E-state index is 2.58. The van der Waals surface area contributed by atoms with Crippen molar-refractivity contribution in [2.24, 2.45) is 5.92 Å². The highest BCUT2D eigenvalue weighted by Crippen LogP contribution is 2.27. The summed E-state index contributed by atoms with van der Waals surface area (Å²) in [4.78, 5) is 5.03. The third-order valence-corrected chi connectivity index (χ3v) is 3.55. The first-order valence-electron chi connectivity index (χ1n) is 5.64. The summed E-state index contributed by atoms with van der Waals surface area (Å²) in [6, 6.07) is 0.944. The Morgan fingerprint density at radius 2 is 1.77 bits per heavy atom. The molecular formula is C11H22N2. The summed E-state index contributed by atoms with van der Waals surface area (Å²) >= 11 is 0. The smallest absolute Gasteiger partial charge is 0.00934 e. The lowest BCUT2D eigenvalue weighted by atomic mass is 9.97. The van der Waals surface area contributed by atoms with Crippen LogP contribution in [0.1, 0.15) is 25.7 Å². The third kappa shape index (κ3) is 2.68. The van der Waals surface area contributed by atoms with E-state index in [9.17, 15) is 0 Å². The van der Waals surface area contributed by atoms with Crippen molar-refractivity contribution >= 4 is 0 Å². The molecule has 0 N–H and O–H groups in total. The van der Waals surface area contributed by atoms with E-state index in [1.54, 1.807) is 0 Å². The van der Waals surface area contributed by atoms with Gasteiger partial charge in [-0.25, -0.2) is 0 Å². The lowest BCUT2D eigenvalue weighted by molar-refractivity contribution is 0.173. The number of piperidine rings is 1. The van der Waals surface area contributed by atoms with E-state index in [4.69, 9.17) is 0 Å². The molecule has 2 heteroatoms. The zero-order valence-electron chi connectivity index (χ0n) is 9.00. The SMILES string of the molecule is CN1CCC(CN(C)C2CC2)CC1. The molecule has 76 valence electrons. The monoisotopic (exact) mass is 182 g/mol. The molecule has 0 radical (unpaired) electrons. The van der Waals surface area contributed by atoms with Crippen molar-refractivity contribution in [2.45, 2.75) is 31.7 Å². The average molecular weight is 182 g/mol. The van der Waals surface area contributed by atoms with Crippen molar-refractivity contribution in [3.63, 3.8) is 0 Å². The molecule has 0 aromatic rings. The van der Waals surface area contributed by atoms with Gasteiger partial charge in [0.25, 0.3) is 0 Å². The fraction of sp³-hybridized carbons (Fsp3) is 1.00. The van der Waals surface area contributed by atoms with Crippen LogP contribution in [-0.4, -0.2) is 49.6 Å². The first-order valence-corrected chi connectivity index (χ1v) is 5.64. The van der Waals surface area contributed by atoms with E-state index in [-0.39, 0.29) is 0 Å². The molecule has 0 unspecified atom stereocenters. The quantitative estimate of drug-likeness (QED) is 0.651. The van der Waals surface area contributed by atoms with Crippen LogP contribution in [-0.2, 0) is 0 Å². The van der Waals surface area contributed by atoms with E-state index in [1.165, 1.54) is 45.3 Å². The normalized spacial score (nSPS) is 27.0. The predicted octanol–water partition coefficient (Wildman–Crippen LogP) is 1.42. The van der Waals surface area contributed by atoms with E-state index >= 15 is 0 Å². The first-order chi connectivity index (χ1) is 6.25. The van der Waals surface area contributed by atoms with Gasteiger partial charge >= 0.3 is 0 Å². The summed E-state index contributed by atoms with van der Waals surface area (Å²) in [6.07, 6.45) is 5.72. The van der Waals surface area contributed by atoms with Crippen molar-refractivity contribution in [3.05, 3.63) is 0 Å². The van der Waals surface area contributed by atoms with Crippen LogP contribution in [0.2, 0.25) is 0 Å². The van der Waals surface area contributed by atoms with Gasteiger partial charge in [0.2, 0.25) is 0 Å². The molecule has 1 aliphatic carbocycles. The van der Waals surface area contributed by atoms with Gasteiger partial charge in [0.15, 0.2) is 0 Å². The van der Waals surface area contributed by atoms with Crippen molar-refractivity contribution in [2.75, 3.05) is 33.7 Å². The average Bonchev–Trinajstić information content (AvgIpc) is 2.91. The number of nitrogens with zero attached hydrogens (tertiary/aromatic N) is 2. The lowest BCUT2D eigenvalue weighted by Gasteiger charge is -2.31. The Bertz CT molecular complexity index is 157. The van der Waals surface area contributed by atoms with Gasteiger partial charge in [-0.3, -0.25) is 0 Å². The number of rotatable bonds is 3. The van der Waals surface area contributed by atoms with Crippen LogP contribution in [0.5, 0.6) is 0 Å². The van der Waals surface area contributed by atoms with Crippen molar-refractivity contribution in [1.82, 2.24) is 9.80 Å². The van der Waals surface area contributed by atoms with Gasteiger partial charge in [0.05, 0.1) is 0 Å². The highest BCUT2D eigenvalue weighted by atomic mass is 15.2. The molecule has 2 nitrogen and oxygen atoms in total. The fourth-order valence-corrected chi connectivity index (χ4v) is 2.32. The summed E-state index contributed by atoms with van der Waals surface area (Å²) in [7, 11) is 4.54. The highest BCUT2D eigenvalue weighted by Gasteiger charge is 2.28. The molecule has 0 bridgehead atoms. The first kappa shape index (κ1) is 9.47. The molecule has 1 aliphatic heterocycles. The van der Waals surface area contributed by atoms with Gasteiger partial charge in [-0.2, -0.15) is 0 Å². The molecule has 0 atom stereocenters. The summed E-state index contributed by atoms with van der Waals surface area (Å²) < 4.78 is 0. The Balaban J connectivity index is 1.69. The van der Waals surface area contributed by atoms with Gasteiger partial charge in [-0.15, -0.1) is 0 Å². The Hall–Kier alpha value is -0.0800. The van der Waals surface area contributed by atoms with E-state index in [0.717, 1.165) is 12.0 Å². The second kappa shape index (κ2) is 3.97. The molecule has 0 aromatic heterocycles. The predicted molar refractivity (Wildman–Crippen MR) is 55.9 cm³/mol. The van der Waals surface area contributed by atoms with Crippen LogP contribution in [0, 0.1) is 5.92 Å². The largest absolute Gasteiger partial charge is 0.306 e. The molecule has 0 aromatic carbocycles. The summed E-state index contributed by atoms with van der Waals surface area (Å²) in [5, 5.41) is 0. The summed E-state index contributed by atoms with van der Waals surface area (Å²) in [5.74, 6) is 0.974. The fourth-order valence-electron chi connectivity index (χ4n) is 2.32. The maximum absolute atomic E-state index is 2.58. The lowest BCUT2D eigenvalue weighted by Crippen LogP contribution is -2.36. The molecular weight excluding hydrogens is 160 g/mol. The van der Waals surface area contributed by atoms with Crippen molar-refractivity contribution in [1.29, 1.82) is 0 Å². The van der Waals surface area contributed by atoms with Gasteiger partial charge in [0, 0.05) is 12.6 Å². The van der Waals surface area contributed by atoms with Crippen molar-refractivity contribution in [3.8, 4) is 0 Å². The van der Waals surface area contributed by atoms with Gasteiger partial charge in [-0.1, -0.05) is 0 Å². The standard InChI is InChI=1S/C11H22N2/c1-12-7-5-10(6-8-12)9-13(2)11-3-4-11/h10-11H,3-9H2,1-2H3. The molecule has 2 fully saturated rings. The number of hydrogen-bond acceptors (Lipinski definition) is 2. The Labute approximate surface area is 81.9 Å². The van der Waals surface area contributed by atoms with Crippen LogP contribution in [0.25, 0.3) is 0 Å². The second-order valence-electron chi connectivity index (χ2n) is 4.92. The molecule has 2 aliphatic rings. The molecule has 0 amide bonds. The minimum absolute atomic E-state index is 0.944. The molecule has 2 rings (SSSR count). The highest BCUT2D eigenvalue weighted by molar-refractivity contribution is 4.84. The van der Waals surface area contributed by atoms with E-state index in [1.807, 2.05) is 0 Å². The van der Waals surface area contributed by atoms with Crippen LogP contribution in [0.4, 0.5) is 0 Å². The molecule has 0 spiro atoms. The van der Waals surface area contributed by atoms with Gasteiger partial charge < -0.3 is 9.80 Å². The van der Waals surface area contributed by atoms with E-state index < -0.39 is 0 Å². The molecule has 1 heterocycles. The van der Waals surface area contributed by atoms with Crippen LogP contribution in [0.3, 0.4) is 0 Å². The van der Waals surface area contributed by atoms with Crippen LogP contribution < -0.4 is 0 Å². The van der Waals surface area contributed by atoms with Gasteiger partial charge in [0.1, 0.15) is 0 Å². The summed E-state index contributed by atoms with van der Waals surface area (Å²) in [5.41, 5.74) is 0. The number of hydrogen-bond donors (Lipinski definition) is 0. The second-order valence-corrected chi connectivity index (χ2v) is 4.92. The van der Waals surface area contributed by atoms with Crippen LogP contribution in [0.15, 0.2) is 0 Å². The van der Waals surface area contributed by atoms with Gasteiger partial charge in [-0.05, 0) is 58.8 Å². The topological polar surface area (TPSA) is 6.48 Å². The Morgan fingerprint density at radius 1 is 1.15 bits per heavy atom. The minimum atomic E-state index is 0.944. The maximum Gasteiger partial charge on any atom is 0.00934 e. The minimum Gasteiger partial charge on any atom is -0.306 e. The summed E-state index contributed by atoms with van der Waals surface area (Å²) in [6.45, 7) is 3.96. The third-order valence-electron chi connectivity index (χ3n) is 3.55. The Kier molecular flexibility index (Phi) is 2.89. The molecule has 1 saturated carbocycles. The van der Waals surface area contributed by atoms with Crippen molar-refractivity contribution < 1.29 is 0 Å². The van der Waals surface area contributed by atoms with E-state index in [0.29, 0.717) is 0 Å². The zero-order chi connectivity index (χ0) is 9.26. The number of likely N-dealkylation sites (tertiary alicyclic amines) is 1.